The van der Waals surface area contributed by atoms with Crippen LogP contribution in [0.25, 0.3) is 0 Å². The van der Waals surface area contributed by atoms with Crippen LogP contribution in [0.3, 0.4) is 0 Å². The number of carbonyl (C=O) groups is 2. The summed E-state index contributed by atoms with van der Waals surface area (Å²) in [4.78, 5) is 23.2. The molecule has 0 bridgehead atoms. The summed E-state index contributed by atoms with van der Waals surface area (Å²) in [5.41, 5.74) is 0.0641. The minimum absolute atomic E-state index is 0.00593. The molecule has 0 amide bonds. The van der Waals surface area contributed by atoms with Crippen LogP contribution in [0.5, 0.6) is 0 Å². The molecule has 0 saturated heterocycles. The summed E-state index contributed by atoms with van der Waals surface area (Å²) in [6.07, 6.45) is -0.0702. The molecule has 0 fully saturated rings. The number of rotatable bonds is 7. The van der Waals surface area contributed by atoms with Crippen LogP contribution in [0, 0.1) is 11.6 Å². The van der Waals surface area contributed by atoms with Crippen molar-refractivity contribution in [3.05, 3.63) is 29.8 Å². The SMILES string of the molecule is CCOC(=O)CCN(CC(=O)O)c1cc(F)cc(F)c1. The average Bonchev–Trinajstić information content (AvgIpc) is 2.33. The number of esters is 1. The largest absolute Gasteiger partial charge is 0.480 e. The van der Waals surface area contributed by atoms with E-state index in [1.807, 2.05) is 0 Å². The van der Waals surface area contributed by atoms with Crippen LogP contribution in [0.4, 0.5) is 14.5 Å². The van der Waals surface area contributed by atoms with Crippen LogP contribution in [0.15, 0.2) is 18.2 Å². The van der Waals surface area contributed by atoms with Gasteiger partial charge in [0.05, 0.1) is 13.0 Å². The summed E-state index contributed by atoms with van der Waals surface area (Å²) < 4.78 is 31.0. The van der Waals surface area contributed by atoms with Gasteiger partial charge >= 0.3 is 11.9 Å². The molecular weight excluding hydrogens is 272 g/mol. The highest BCUT2D eigenvalue weighted by atomic mass is 19.1. The number of benzene rings is 1. The van der Waals surface area contributed by atoms with Gasteiger partial charge in [-0.1, -0.05) is 0 Å². The highest BCUT2D eigenvalue weighted by Gasteiger charge is 2.15. The summed E-state index contributed by atoms with van der Waals surface area (Å²) in [6, 6.07) is 2.71. The second-order valence-electron chi connectivity index (χ2n) is 4.00. The van der Waals surface area contributed by atoms with Crippen molar-refractivity contribution in [2.45, 2.75) is 13.3 Å². The molecule has 0 aromatic heterocycles. The van der Waals surface area contributed by atoms with E-state index in [0.717, 1.165) is 12.1 Å². The molecule has 0 heterocycles. The molecule has 0 aliphatic carbocycles. The first-order valence-electron chi connectivity index (χ1n) is 6.00. The third-order valence-electron chi connectivity index (χ3n) is 2.43. The van der Waals surface area contributed by atoms with Crippen molar-refractivity contribution in [3.8, 4) is 0 Å². The van der Waals surface area contributed by atoms with Crippen LogP contribution in [0.1, 0.15) is 13.3 Å². The van der Waals surface area contributed by atoms with E-state index in [1.165, 1.54) is 4.90 Å². The zero-order chi connectivity index (χ0) is 15.1. The predicted molar refractivity (Wildman–Crippen MR) is 67.5 cm³/mol. The van der Waals surface area contributed by atoms with Crippen LogP contribution >= 0.6 is 0 Å². The predicted octanol–water partition coefficient (Wildman–Crippen LogP) is 1.81. The van der Waals surface area contributed by atoms with Gasteiger partial charge in [-0.3, -0.25) is 9.59 Å². The number of aliphatic carboxylic acids is 1. The molecule has 0 aliphatic heterocycles. The van der Waals surface area contributed by atoms with Crippen LogP contribution in [-0.2, 0) is 14.3 Å². The third kappa shape index (κ3) is 5.21. The molecule has 7 heteroatoms. The lowest BCUT2D eigenvalue weighted by Crippen LogP contribution is -2.32. The Hall–Kier alpha value is -2.18. The van der Waals surface area contributed by atoms with Gasteiger partial charge < -0.3 is 14.7 Å². The van der Waals surface area contributed by atoms with E-state index in [1.54, 1.807) is 6.92 Å². The maximum absolute atomic E-state index is 13.1. The molecule has 0 radical (unpaired) electrons. The van der Waals surface area contributed by atoms with E-state index in [0.29, 0.717) is 6.07 Å². The summed E-state index contributed by atoms with van der Waals surface area (Å²) in [6.45, 7) is 1.39. The Morgan fingerprint density at radius 1 is 1.25 bits per heavy atom. The van der Waals surface area contributed by atoms with Gasteiger partial charge in [0.25, 0.3) is 0 Å². The Morgan fingerprint density at radius 2 is 1.85 bits per heavy atom. The average molecular weight is 287 g/mol. The van der Waals surface area contributed by atoms with Gasteiger partial charge in [0, 0.05) is 18.3 Å². The first kappa shape index (κ1) is 15.9. The van der Waals surface area contributed by atoms with E-state index in [2.05, 4.69) is 0 Å². The van der Waals surface area contributed by atoms with Gasteiger partial charge in [-0.25, -0.2) is 8.78 Å². The first-order valence-corrected chi connectivity index (χ1v) is 6.00. The highest BCUT2D eigenvalue weighted by molar-refractivity contribution is 5.75. The lowest BCUT2D eigenvalue weighted by molar-refractivity contribution is -0.143. The molecule has 5 nitrogen and oxygen atoms in total. The van der Waals surface area contributed by atoms with Gasteiger partial charge in [0.2, 0.25) is 0 Å². The number of carboxylic acids is 1. The maximum Gasteiger partial charge on any atom is 0.323 e. The standard InChI is InChI=1S/C13H15F2NO4/c1-2-20-13(19)3-4-16(8-12(17)18)11-6-9(14)5-10(15)7-11/h5-7H,2-4,8H2,1H3,(H,17,18). The number of hydrogen-bond acceptors (Lipinski definition) is 4. The molecule has 0 saturated carbocycles. The lowest BCUT2D eigenvalue weighted by atomic mass is 10.2. The number of anilines is 1. The van der Waals surface area contributed by atoms with E-state index in [-0.39, 0.29) is 25.3 Å². The third-order valence-corrected chi connectivity index (χ3v) is 2.43. The van der Waals surface area contributed by atoms with Gasteiger partial charge in [-0.2, -0.15) is 0 Å². The Kier molecular flexibility index (Phi) is 5.89. The van der Waals surface area contributed by atoms with Gasteiger partial charge in [0.1, 0.15) is 18.2 Å². The molecule has 1 N–H and O–H groups in total. The monoisotopic (exact) mass is 287 g/mol. The number of halogens is 2. The van der Waals surface area contributed by atoms with E-state index >= 15 is 0 Å². The van der Waals surface area contributed by atoms with Crippen LogP contribution < -0.4 is 4.90 Å². The van der Waals surface area contributed by atoms with E-state index < -0.39 is 30.1 Å². The fourth-order valence-corrected chi connectivity index (χ4v) is 1.64. The second-order valence-corrected chi connectivity index (χ2v) is 4.00. The highest BCUT2D eigenvalue weighted by Crippen LogP contribution is 2.18. The second kappa shape index (κ2) is 7.42. The molecule has 0 atom stereocenters. The topological polar surface area (TPSA) is 66.8 Å². The quantitative estimate of drug-likeness (QED) is 0.775. The number of nitrogens with zero attached hydrogens (tertiary/aromatic N) is 1. The molecule has 110 valence electrons. The Morgan fingerprint density at radius 3 is 2.35 bits per heavy atom. The normalized spacial score (nSPS) is 10.2. The minimum Gasteiger partial charge on any atom is -0.480 e. The van der Waals surface area contributed by atoms with Crippen molar-refractivity contribution >= 4 is 17.6 Å². The molecule has 20 heavy (non-hydrogen) atoms. The van der Waals surface area contributed by atoms with Gasteiger partial charge in [-0.05, 0) is 19.1 Å². The van der Waals surface area contributed by atoms with Crippen molar-refractivity contribution in [2.75, 3.05) is 24.6 Å². The number of carboxylic acid groups (broad SMARTS) is 1. The van der Waals surface area contributed by atoms with Crippen LogP contribution in [-0.4, -0.2) is 36.7 Å². The maximum atomic E-state index is 13.1. The molecular formula is C13H15F2NO4. The number of ether oxygens (including phenoxy) is 1. The molecule has 1 aromatic carbocycles. The summed E-state index contributed by atoms with van der Waals surface area (Å²) >= 11 is 0. The zero-order valence-electron chi connectivity index (χ0n) is 10.9. The minimum atomic E-state index is -1.17. The lowest BCUT2D eigenvalue weighted by Gasteiger charge is -2.22. The molecule has 0 aliphatic rings. The fourth-order valence-electron chi connectivity index (χ4n) is 1.64. The van der Waals surface area contributed by atoms with Crippen molar-refractivity contribution in [1.82, 2.24) is 0 Å². The van der Waals surface area contributed by atoms with Crippen molar-refractivity contribution in [3.63, 3.8) is 0 Å². The summed E-state index contributed by atoms with van der Waals surface area (Å²) in [7, 11) is 0. The van der Waals surface area contributed by atoms with Crippen molar-refractivity contribution < 1.29 is 28.2 Å². The Labute approximate surface area is 114 Å². The van der Waals surface area contributed by atoms with E-state index in [4.69, 9.17) is 9.84 Å². The van der Waals surface area contributed by atoms with Crippen molar-refractivity contribution in [2.24, 2.45) is 0 Å². The number of carbonyl (C=O) groups excluding carboxylic acids is 1. The zero-order valence-corrected chi connectivity index (χ0v) is 10.9. The summed E-state index contributed by atoms with van der Waals surface area (Å²) in [5.74, 6) is -3.30. The number of hydrogen-bond donors (Lipinski definition) is 1. The van der Waals surface area contributed by atoms with Gasteiger partial charge in [0.15, 0.2) is 0 Å². The Bertz CT molecular complexity index is 473. The smallest absolute Gasteiger partial charge is 0.323 e. The summed E-state index contributed by atoms with van der Waals surface area (Å²) in [5, 5.41) is 8.81. The van der Waals surface area contributed by atoms with E-state index in [9.17, 15) is 18.4 Å². The van der Waals surface area contributed by atoms with Crippen LogP contribution in [0.2, 0.25) is 0 Å². The fraction of sp³-hybridized carbons (Fsp3) is 0.385. The molecule has 1 rings (SSSR count). The molecule has 0 unspecified atom stereocenters. The molecule has 0 spiro atoms. The Balaban J connectivity index is 2.82. The first-order chi connectivity index (χ1) is 9.42. The van der Waals surface area contributed by atoms with Crippen molar-refractivity contribution in [1.29, 1.82) is 0 Å². The molecule has 1 aromatic rings. The van der Waals surface area contributed by atoms with Gasteiger partial charge in [-0.15, -0.1) is 0 Å².